The Morgan fingerprint density at radius 2 is 2.03 bits per heavy atom. The number of para-hydroxylation sites is 1. The van der Waals surface area contributed by atoms with Gasteiger partial charge in [-0.3, -0.25) is 0 Å². The third-order valence-corrected chi connectivity index (χ3v) is 7.07. The molecular formula is C24H26FN3O2. The van der Waals surface area contributed by atoms with Crippen molar-refractivity contribution in [1.82, 2.24) is 10.1 Å². The largest absolute Gasteiger partial charge is 0.490 e. The van der Waals surface area contributed by atoms with Gasteiger partial charge in [-0.15, -0.1) is 0 Å². The maximum Gasteiger partial charge on any atom is 0.170 e. The van der Waals surface area contributed by atoms with Gasteiger partial charge in [0.05, 0.1) is 17.9 Å². The molecule has 3 aromatic rings. The molecule has 0 spiro atoms. The van der Waals surface area contributed by atoms with Gasteiger partial charge in [0.2, 0.25) is 0 Å². The molecule has 2 atom stereocenters. The summed E-state index contributed by atoms with van der Waals surface area (Å²) in [5, 5.41) is 5.10. The summed E-state index contributed by atoms with van der Waals surface area (Å²) in [5.74, 6) is 1.40. The van der Waals surface area contributed by atoms with Crippen LogP contribution in [0.5, 0.6) is 5.75 Å². The van der Waals surface area contributed by atoms with E-state index in [1.165, 1.54) is 36.2 Å². The first-order valence-electron chi connectivity index (χ1n) is 11.1. The van der Waals surface area contributed by atoms with E-state index < -0.39 is 0 Å². The van der Waals surface area contributed by atoms with Crippen molar-refractivity contribution in [2.75, 3.05) is 37.7 Å². The molecular weight excluding hydrogens is 381 g/mol. The lowest BCUT2D eigenvalue weighted by molar-refractivity contribution is 0.274. The van der Waals surface area contributed by atoms with Gasteiger partial charge < -0.3 is 19.1 Å². The Morgan fingerprint density at radius 3 is 3.00 bits per heavy atom. The van der Waals surface area contributed by atoms with E-state index in [0.29, 0.717) is 17.5 Å². The van der Waals surface area contributed by atoms with Crippen molar-refractivity contribution in [2.45, 2.75) is 37.6 Å². The molecule has 0 saturated carbocycles. The summed E-state index contributed by atoms with van der Waals surface area (Å²) in [6.07, 6.45) is 4.29. The van der Waals surface area contributed by atoms with Gasteiger partial charge in [0.15, 0.2) is 5.58 Å². The van der Waals surface area contributed by atoms with Gasteiger partial charge in [0.1, 0.15) is 18.2 Å². The Balaban J connectivity index is 1.11. The van der Waals surface area contributed by atoms with Crippen molar-refractivity contribution in [3.8, 4) is 5.75 Å². The van der Waals surface area contributed by atoms with Crippen LogP contribution in [0.25, 0.3) is 11.0 Å². The fourth-order valence-electron chi connectivity index (χ4n) is 5.68. The topological polar surface area (TPSA) is 41.7 Å². The zero-order valence-electron chi connectivity index (χ0n) is 17.0. The van der Waals surface area contributed by atoms with E-state index in [9.17, 15) is 4.39 Å². The molecule has 2 unspecified atom stereocenters. The molecule has 6 rings (SSSR count). The third kappa shape index (κ3) is 2.97. The third-order valence-electron chi connectivity index (χ3n) is 7.07. The Labute approximate surface area is 175 Å². The molecule has 3 aliphatic rings. The highest BCUT2D eigenvalue weighted by molar-refractivity contribution is 5.79. The smallest absolute Gasteiger partial charge is 0.170 e. The first kappa shape index (κ1) is 18.2. The van der Waals surface area contributed by atoms with Gasteiger partial charge in [-0.25, -0.2) is 4.39 Å². The number of nitrogens with zero attached hydrogens (tertiary/aromatic N) is 3. The zero-order valence-corrected chi connectivity index (χ0v) is 17.0. The van der Waals surface area contributed by atoms with E-state index in [1.807, 2.05) is 0 Å². The number of ether oxygens (including phenoxy) is 1. The second kappa shape index (κ2) is 7.27. The summed E-state index contributed by atoms with van der Waals surface area (Å²) < 4.78 is 24.6. The Morgan fingerprint density at radius 1 is 1.10 bits per heavy atom. The van der Waals surface area contributed by atoms with Crippen LogP contribution in [-0.2, 0) is 6.42 Å². The summed E-state index contributed by atoms with van der Waals surface area (Å²) >= 11 is 0. The fourth-order valence-corrected chi connectivity index (χ4v) is 5.68. The van der Waals surface area contributed by atoms with Crippen molar-refractivity contribution in [1.29, 1.82) is 0 Å². The molecule has 0 radical (unpaired) electrons. The molecule has 1 aromatic heterocycles. The quantitative estimate of drug-likeness (QED) is 0.643. The summed E-state index contributed by atoms with van der Waals surface area (Å²) in [5.41, 5.74) is 4.32. The van der Waals surface area contributed by atoms with Crippen LogP contribution in [0.4, 0.5) is 10.1 Å². The van der Waals surface area contributed by atoms with Gasteiger partial charge >= 0.3 is 0 Å². The highest BCUT2D eigenvalue weighted by atomic mass is 19.1. The van der Waals surface area contributed by atoms with E-state index in [-0.39, 0.29) is 5.82 Å². The van der Waals surface area contributed by atoms with Crippen molar-refractivity contribution in [3.63, 3.8) is 0 Å². The molecule has 0 bridgehead atoms. The standard InChI is InChI=1S/C24H26FN3O2/c25-16-6-7-19-20(26-30-23(19)15-16)4-2-10-27-11-8-17-18-3-1-5-22-24(18)28(13-14-29-22)21(17)9-12-27/h1,3,5-7,15,17,21H,2,4,8-14H2. The van der Waals surface area contributed by atoms with Crippen molar-refractivity contribution in [3.05, 3.63) is 53.5 Å². The van der Waals surface area contributed by atoms with E-state index in [0.717, 1.165) is 62.5 Å². The molecule has 0 amide bonds. The van der Waals surface area contributed by atoms with E-state index in [4.69, 9.17) is 9.26 Å². The highest BCUT2D eigenvalue weighted by Crippen LogP contribution is 2.50. The number of hydrogen-bond donors (Lipinski definition) is 0. The van der Waals surface area contributed by atoms with Crippen LogP contribution in [-0.4, -0.2) is 48.9 Å². The Bertz CT molecular complexity index is 1080. The first-order valence-corrected chi connectivity index (χ1v) is 11.1. The van der Waals surface area contributed by atoms with Crippen LogP contribution >= 0.6 is 0 Å². The molecule has 30 heavy (non-hydrogen) atoms. The number of halogens is 1. The van der Waals surface area contributed by atoms with Gasteiger partial charge in [0.25, 0.3) is 0 Å². The summed E-state index contributed by atoms with van der Waals surface area (Å²) in [6.45, 7) is 5.12. The number of anilines is 1. The molecule has 0 N–H and O–H groups in total. The number of hydrogen-bond acceptors (Lipinski definition) is 5. The normalized spacial score (nSPS) is 23.2. The van der Waals surface area contributed by atoms with Crippen molar-refractivity contribution >= 4 is 16.7 Å². The number of likely N-dealkylation sites (tertiary alicyclic amines) is 1. The van der Waals surface area contributed by atoms with Gasteiger partial charge in [-0.1, -0.05) is 17.3 Å². The lowest BCUT2D eigenvalue weighted by Gasteiger charge is -2.33. The minimum Gasteiger partial charge on any atom is -0.490 e. The molecule has 2 aromatic carbocycles. The molecule has 3 aliphatic heterocycles. The van der Waals surface area contributed by atoms with Gasteiger partial charge in [-0.05, 0) is 62.5 Å². The number of aryl methyl sites for hydroxylation is 1. The molecule has 156 valence electrons. The maximum atomic E-state index is 13.3. The van der Waals surface area contributed by atoms with Crippen molar-refractivity contribution in [2.24, 2.45) is 0 Å². The Kier molecular flexibility index (Phi) is 4.41. The van der Waals surface area contributed by atoms with Crippen LogP contribution in [0.1, 0.15) is 36.4 Å². The van der Waals surface area contributed by atoms with Crippen molar-refractivity contribution < 1.29 is 13.7 Å². The average Bonchev–Trinajstić information content (AvgIpc) is 3.21. The second-order valence-corrected chi connectivity index (χ2v) is 8.70. The van der Waals surface area contributed by atoms with Crippen LogP contribution in [0, 0.1) is 5.82 Å². The van der Waals surface area contributed by atoms with Crippen LogP contribution in [0.3, 0.4) is 0 Å². The summed E-state index contributed by atoms with van der Waals surface area (Å²) in [4.78, 5) is 5.22. The predicted octanol–water partition coefficient (Wildman–Crippen LogP) is 4.36. The fraction of sp³-hybridized carbons (Fsp3) is 0.458. The number of rotatable bonds is 4. The molecule has 1 fully saturated rings. The maximum absolute atomic E-state index is 13.3. The number of aromatic nitrogens is 1. The lowest BCUT2D eigenvalue weighted by Crippen LogP contribution is -2.40. The number of fused-ring (bicyclic) bond motifs is 4. The van der Waals surface area contributed by atoms with Gasteiger partial charge in [0, 0.05) is 30.0 Å². The molecule has 0 aliphatic carbocycles. The van der Waals surface area contributed by atoms with Crippen LogP contribution < -0.4 is 9.64 Å². The monoisotopic (exact) mass is 407 g/mol. The van der Waals surface area contributed by atoms with Crippen LogP contribution in [0.15, 0.2) is 40.9 Å². The molecule has 5 nitrogen and oxygen atoms in total. The SMILES string of the molecule is Fc1ccc2c(CCCN3CCC4c5cccc6c5N(CCO6)C4CC3)noc2c1. The average molecular weight is 407 g/mol. The number of benzene rings is 2. The van der Waals surface area contributed by atoms with Gasteiger partial charge in [-0.2, -0.15) is 0 Å². The van der Waals surface area contributed by atoms with Crippen LogP contribution in [0.2, 0.25) is 0 Å². The lowest BCUT2D eigenvalue weighted by atomic mass is 9.91. The highest BCUT2D eigenvalue weighted by Gasteiger charge is 2.42. The summed E-state index contributed by atoms with van der Waals surface area (Å²) in [6, 6.07) is 11.8. The van der Waals surface area contributed by atoms with E-state index >= 15 is 0 Å². The molecule has 1 saturated heterocycles. The summed E-state index contributed by atoms with van der Waals surface area (Å²) in [7, 11) is 0. The predicted molar refractivity (Wildman–Crippen MR) is 114 cm³/mol. The molecule has 6 heteroatoms. The first-order chi connectivity index (χ1) is 14.8. The zero-order chi connectivity index (χ0) is 20.1. The minimum absolute atomic E-state index is 0.283. The van der Waals surface area contributed by atoms with E-state index in [1.54, 1.807) is 6.07 Å². The second-order valence-electron chi connectivity index (χ2n) is 8.70. The minimum atomic E-state index is -0.283. The van der Waals surface area contributed by atoms with E-state index in [2.05, 4.69) is 33.2 Å². The molecule has 4 heterocycles. The Hall–Kier alpha value is -2.60.